The van der Waals surface area contributed by atoms with Gasteiger partial charge in [-0.3, -0.25) is 0 Å². The lowest BCUT2D eigenvalue weighted by molar-refractivity contribution is 0.598. The monoisotopic (exact) mass is 252 g/mol. The van der Waals surface area contributed by atoms with E-state index in [0.29, 0.717) is 11.5 Å². The summed E-state index contributed by atoms with van der Waals surface area (Å²) in [6, 6.07) is 3.85. The molecule has 2 aromatic heterocycles. The molecule has 3 rings (SSSR count). The maximum absolute atomic E-state index is 11.4. The molecule has 1 aliphatic rings. The predicted octanol–water partition coefficient (Wildman–Crippen LogP) is 1.63. The number of nitrogens with zero attached hydrogens (tertiary/aromatic N) is 2. The zero-order chi connectivity index (χ0) is 11.2. The largest absolute Gasteiger partial charge is 0.236 e. The summed E-state index contributed by atoms with van der Waals surface area (Å²) in [5, 5.41) is 1.95. The Morgan fingerprint density at radius 1 is 1.31 bits per heavy atom. The van der Waals surface area contributed by atoms with Crippen molar-refractivity contribution in [3.8, 4) is 10.7 Å². The second kappa shape index (κ2) is 3.36. The van der Waals surface area contributed by atoms with Gasteiger partial charge in [-0.2, -0.15) is 0 Å². The van der Waals surface area contributed by atoms with Crippen LogP contribution in [0.25, 0.3) is 10.7 Å². The molecule has 4 nitrogen and oxygen atoms in total. The van der Waals surface area contributed by atoms with Crippen LogP contribution in [0.1, 0.15) is 11.3 Å². The van der Waals surface area contributed by atoms with Gasteiger partial charge in [0.05, 0.1) is 22.1 Å². The summed E-state index contributed by atoms with van der Waals surface area (Å²) in [5.41, 5.74) is 1.39. The van der Waals surface area contributed by atoms with Gasteiger partial charge in [0, 0.05) is 11.8 Å². The predicted molar refractivity (Wildman–Crippen MR) is 61.7 cm³/mol. The molecule has 0 fully saturated rings. The highest BCUT2D eigenvalue weighted by molar-refractivity contribution is 7.90. The third-order valence-electron chi connectivity index (χ3n) is 2.43. The van der Waals surface area contributed by atoms with Crippen molar-refractivity contribution in [1.29, 1.82) is 0 Å². The first-order valence-electron chi connectivity index (χ1n) is 4.73. The molecule has 6 heteroatoms. The van der Waals surface area contributed by atoms with Gasteiger partial charge >= 0.3 is 0 Å². The maximum Gasteiger partial charge on any atom is 0.169 e. The minimum Gasteiger partial charge on any atom is -0.236 e. The minimum absolute atomic E-state index is 0.0449. The van der Waals surface area contributed by atoms with Crippen LogP contribution in [0.3, 0.4) is 0 Å². The van der Waals surface area contributed by atoms with Gasteiger partial charge in [-0.05, 0) is 11.4 Å². The lowest BCUT2D eigenvalue weighted by atomic mass is 10.3. The number of thiophene rings is 1. The van der Waals surface area contributed by atoms with E-state index in [2.05, 4.69) is 9.97 Å². The van der Waals surface area contributed by atoms with E-state index in [1.807, 2.05) is 17.5 Å². The third kappa shape index (κ3) is 1.64. The lowest BCUT2D eigenvalue weighted by Crippen LogP contribution is -1.96. The molecule has 0 N–H and O–H groups in total. The molecule has 0 radical (unpaired) electrons. The van der Waals surface area contributed by atoms with Crippen LogP contribution in [0.4, 0.5) is 0 Å². The number of hydrogen-bond acceptors (Lipinski definition) is 5. The maximum atomic E-state index is 11.4. The van der Waals surface area contributed by atoms with E-state index in [1.54, 1.807) is 17.5 Å². The van der Waals surface area contributed by atoms with Gasteiger partial charge in [-0.1, -0.05) is 6.07 Å². The van der Waals surface area contributed by atoms with Crippen LogP contribution in [-0.4, -0.2) is 18.4 Å². The van der Waals surface area contributed by atoms with Crippen molar-refractivity contribution >= 4 is 21.2 Å². The van der Waals surface area contributed by atoms with Crippen molar-refractivity contribution in [2.75, 3.05) is 0 Å². The molecular weight excluding hydrogens is 244 g/mol. The van der Waals surface area contributed by atoms with Crippen LogP contribution in [0.2, 0.25) is 0 Å². The molecule has 1 aliphatic heterocycles. The average molecular weight is 252 g/mol. The van der Waals surface area contributed by atoms with Gasteiger partial charge in [0.1, 0.15) is 0 Å². The number of sulfone groups is 1. The van der Waals surface area contributed by atoms with Crippen LogP contribution in [0.5, 0.6) is 0 Å². The van der Waals surface area contributed by atoms with E-state index in [-0.39, 0.29) is 11.5 Å². The second-order valence-corrected chi connectivity index (χ2v) is 6.69. The van der Waals surface area contributed by atoms with Gasteiger partial charge in [0.25, 0.3) is 0 Å². The van der Waals surface area contributed by atoms with Crippen LogP contribution in [-0.2, 0) is 21.3 Å². The molecule has 2 aromatic rings. The molecule has 0 bridgehead atoms. The average Bonchev–Trinajstić information content (AvgIpc) is 2.80. The summed E-state index contributed by atoms with van der Waals surface area (Å²) >= 11 is 1.55. The van der Waals surface area contributed by atoms with Crippen LogP contribution < -0.4 is 0 Å². The topological polar surface area (TPSA) is 59.9 Å². The Morgan fingerprint density at radius 3 is 2.94 bits per heavy atom. The normalized spacial score (nSPS) is 17.2. The SMILES string of the molecule is O=S1(=O)Cc2cnc(-c3cccs3)nc2C1. The second-order valence-electron chi connectivity index (χ2n) is 3.68. The third-order valence-corrected chi connectivity index (χ3v) is 4.76. The van der Waals surface area contributed by atoms with Crippen LogP contribution in [0.15, 0.2) is 23.7 Å². The van der Waals surface area contributed by atoms with Crippen molar-refractivity contribution in [2.45, 2.75) is 11.5 Å². The summed E-state index contributed by atoms with van der Waals surface area (Å²) < 4.78 is 22.8. The number of hydrogen-bond donors (Lipinski definition) is 0. The molecule has 0 aromatic carbocycles. The fourth-order valence-electron chi connectivity index (χ4n) is 1.71. The first-order chi connectivity index (χ1) is 7.64. The molecule has 0 saturated heterocycles. The molecule has 0 spiro atoms. The highest BCUT2D eigenvalue weighted by Crippen LogP contribution is 2.26. The van der Waals surface area contributed by atoms with Crippen molar-refractivity contribution in [3.63, 3.8) is 0 Å². The molecule has 0 amide bonds. The van der Waals surface area contributed by atoms with Crippen molar-refractivity contribution < 1.29 is 8.42 Å². The van der Waals surface area contributed by atoms with Crippen molar-refractivity contribution in [2.24, 2.45) is 0 Å². The zero-order valence-electron chi connectivity index (χ0n) is 8.25. The van der Waals surface area contributed by atoms with E-state index in [4.69, 9.17) is 0 Å². The molecule has 0 aliphatic carbocycles. The highest BCUT2D eigenvalue weighted by atomic mass is 32.2. The fourth-order valence-corrected chi connectivity index (χ4v) is 3.86. The fraction of sp³-hybridized carbons (Fsp3) is 0.200. The lowest BCUT2D eigenvalue weighted by Gasteiger charge is -1.98. The zero-order valence-corrected chi connectivity index (χ0v) is 9.88. The molecule has 3 heterocycles. The Morgan fingerprint density at radius 2 is 2.19 bits per heavy atom. The van der Waals surface area contributed by atoms with Crippen LogP contribution in [0, 0.1) is 0 Å². The number of rotatable bonds is 1. The Balaban J connectivity index is 2.09. The smallest absolute Gasteiger partial charge is 0.169 e. The summed E-state index contributed by atoms with van der Waals surface area (Å²) in [5.74, 6) is 0.738. The van der Waals surface area contributed by atoms with E-state index in [0.717, 1.165) is 10.4 Å². The number of fused-ring (bicyclic) bond motifs is 1. The Labute approximate surface area is 96.9 Å². The molecule has 82 valence electrons. The first-order valence-corrected chi connectivity index (χ1v) is 7.43. The molecular formula is C10H8N2O2S2. The summed E-state index contributed by atoms with van der Waals surface area (Å²) in [4.78, 5) is 9.47. The van der Waals surface area contributed by atoms with Gasteiger partial charge in [0.15, 0.2) is 15.7 Å². The van der Waals surface area contributed by atoms with E-state index < -0.39 is 9.84 Å². The van der Waals surface area contributed by atoms with Crippen LogP contribution >= 0.6 is 11.3 Å². The van der Waals surface area contributed by atoms with E-state index >= 15 is 0 Å². The molecule has 0 atom stereocenters. The Hall–Kier alpha value is -1.27. The van der Waals surface area contributed by atoms with Gasteiger partial charge in [-0.25, -0.2) is 18.4 Å². The van der Waals surface area contributed by atoms with Gasteiger partial charge in [-0.15, -0.1) is 11.3 Å². The summed E-state index contributed by atoms with van der Waals surface area (Å²) in [7, 11) is -2.99. The van der Waals surface area contributed by atoms with E-state index in [1.165, 1.54) is 0 Å². The van der Waals surface area contributed by atoms with Gasteiger partial charge in [0.2, 0.25) is 0 Å². The standard InChI is InChI=1S/C10H8N2O2S2/c13-16(14)5-7-4-11-10(12-8(7)6-16)9-2-1-3-15-9/h1-4H,5-6H2. The Kier molecular flexibility index (Phi) is 2.08. The molecule has 16 heavy (non-hydrogen) atoms. The highest BCUT2D eigenvalue weighted by Gasteiger charge is 2.26. The quantitative estimate of drug-likeness (QED) is 0.774. The summed E-state index contributed by atoms with van der Waals surface area (Å²) in [6.07, 6.45) is 1.63. The van der Waals surface area contributed by atoms with E-state index in [9.17, 15) is 8.42 Å². The number of aromatic nitrogens is 2. The van der Waals surface area contributed by atoms with Crippen molar-refractivity contribution in [3.05, 3.63) is 35.0 Å². The first kappa shape index (κ1) is 9.92. The summed E-state index contributed by atoms with van der Waals surface area (Å²) in [6.45, 7) is 0. The molecule has 0 saturated carbocycles. The van der Waals surface area contributed by atoms with Gasteiger partial charge < -0.3 is 0 Å². The molecule has 0 unspecified atom stereocenters. The Bertz CT molecular complexity index is 633. The minimum atomic E-state index is -2.99. The van der Waals surface area contributed by atoms with Crippen molar-refractivity contribution in [1.82, 2.24) is 9.97 Å².